The van der Waals surface area contributed by atoms with E-state index in [0.29, 0.717) is 18.8 Å². The number of hydrogen-bond donors (Lipinski definition) is 1. The van der Waals surface area contributed by atoms with Crippen LogP contribution in [-0.4, -0.2) is 57.4 Å². The summed E-state index contributed by atoms with van der Waals surface area (Å²) in [5.74, 6) is -0.241. The first kappa shape index (κ1) is 22.6. The zero-order valence-corrected chi connectivity index (χ0v) is 19.3. The number of carbonyl (C=O) groups is 1. The van der Waals surface area contributed by atoms with Gasteiger partial charge >= 0.3 is 0 Å². The van der Waals surface area contributed by atoms with E-state index in [0.717, 1.165) is 24.0 Å². The first-order valence-electron chi connectivity index (χ1n) is 9.94. The summed E-state index contributed by atoms with van der Waals surface area (Å²) in [6.07, 6.45) is 1.93. The molecule has 1 amide bonds. The maximum absolute atomic E-state index is 13.1. The Labute approximate surface area is 183 Å². The van der Waals surface area contributed by atoms with Crippen LogP contribution in [-0.2, 0) is 10.0 Å². The summed E-state index contributed by atoms with van der Waals surface area (Å²) in [7, 11) is 0.136. The highest BCUT2D eigenvalue weighted by Crippen LogP contribution is 2.26. The number of likely N-dealkylation sites (tertiary alicyclic amines) is 1. The lowest BCUT2D eigenvalue weighted by molar-refractivity contribution is 0.0635. The molecular weight excluding hydrogens is 422 g/mol. The summed E-state index contributed by atoms with van der Waals surface area (Å²) in [5.41, 5.74) is 2.75. The largest absolute Gasteiger partial charge is 0.337 e. The van der Waals surface area contributed by atoms with Gasteiger partial charge in [0.2, 0.25) is 0 Å². The van der Waals surface area contributed by atoms with E-state index < -0.39 is 10.0 Å². The standard InChI is InChI=1S/C22H28ClN3O3S/c1-15-7-8-17(12-16(15)2)24-30(28,29)19-9-10-21(23)20(13-19)22(27)26-11-5-6-18(14-26)25(3)4/h7-10,12-13,18,24H,5-6,11,14H2,1-4H3. The van der Waals surface area contributed by atoms with Crippen LogP contribution in [0.3, 0.4) is 0 Å². The lowest BCUT2D eigenvalue weighted by atomic mass is 10.0. The zero-order valence-electron chi connectivity index (χ0n) is 17.8. The molecule has 1 saturated heterocycles. The molecule has 3 rings (SSSR count). The molecule has 0 radical (unpaired) electrons. The van der Waals surface area contributed by atoms with E-state index in [9.17, 15) is 13.2 Å². The predicted molar refractivity (Wildman–Crippen MR) is 121 cm³/mol. The number of likely N-dealkylation sites (N-methyl/N-ethyl adjacent to an activating group) is 1. The highest BCUT2D eigenvalue weighted by atomic mass is 35.5. The molecule has 0 saturated carbocycles. The predicted octanol–water partition coefficient (Wildman–Crippen LogP) is 3.92. The molecule has 0 bridgehead atoms. The van der Waals surface area contributed by atoms with Gasteiger partial charge in [0.25, 0.3) is 15.9 Å². The van der Waals surface area contributed by atoms with Crippen LogP contribution in [0.2, 0.25) is 5.02 Å². The molecule has 2 aromatic rings. The van der Waals surface area contributed by atoms with Crippen molar-refractivity contribution in [2.75, 3.05) is 31.9 Å². The summed E-state index contributed by atoms with van der Waals surface area (Å²) >= 11 is 6.28. The third-order valence-corrected chi connectivity index (χ3v) is 7.36. The van der Waals surface area contributed by atoms with Crippen molar-refractivity contribution in [3.05, 3.63) is 58.1 Å². The van der Waals surface area contributed by atoms with Gasteiger partial charge in [0.1, 0.15) is 0 Å². The van der Waals surface area contributed by atoms with Crippen molar-refractivity contribution in [1.29, 1.82) is 0 Å². The van der Waals surface area contributed by atoms with Crippen LogP contribution in [0, 0.1) is 13.8 Å². The van der Waals surface area contributed by atoms with E-state index in [2.05, 4.69) is 9.62 Å². The SMILES string of the molecule is Cc1ccc(NS(=O)(=O)c2ccc(Cl)c(C(=O)N3CCCC(N(C)C)C3)c2)cc1C. The van der Waals surface area contributed by atoms with E-state index in [4.69, 9.17) is 11.6 Å². The van der Waals surface area contributed by atoms with Gasteiger partial charge in [0, 0.05) is 24.8 Å². The molecule has 6 nitrogen and oxygen atoms in total. The van der Waals surface area contributed by atoms with Gasteiger partial charge in [-0.05, 0) is 82.2 Å². The minimum Gasteiger partial charge on any atom is -0.337 e. The molecule has 1 heterocycles. The summed E-state index contributed by atoms with van der Waals surface area (Å²) in [5, 5.41) is 0.247. The van der Waals surface area contributed by atoms with Crippen molar-refractivity contribution in [3.63, 3.8) is 0 Å². The molecule has 0 spiro atoms. The van der Waals surface area contributed by atoms with Gasteiger partial charge in [0.05, 0.1) is 15.5 Å². The van der Waals surface area contributed by atoms with Gasteiger partial charge in [-0.2, -0.15) is 0 Å². The highest BCUT2D eigenvalue weighted by molar-refractivity contribution is 7.92. The number of piperidine rings is 1. The second kappa shape index (κ2) is 8.96. The van der Waals surface area contributed by atoms with Gasteiger partial charge in [-0.25, -0.2) is 8.42 Å². The molecule has 0 aliphatic carbocycles. The number of anilines is 1. The van der Waals surface area contributed by atoms with Crippen LogP contribution in [0.25, 0.3) is 0 Å². The van der Waals surface area contributed by atoms with Gasteiger partial charge in [-0.15, -0.1) is 0 Å². The number of rotatable bonds is 5. The average molecular weight is 450 g/mol. The number of nitrogens with one attached hydrogen (secondary N) is 1. The third-order valence-electron chi connectivity index (χ3n) is 5.65. The molecule has 1 N–H and O–H groups in total. The summed E-state index contributed by atoms with van der Waals surface area (Å²) in [4.78, 5) is 17.0. The third kappa shape index (κ3) is 4.96. The van der Waals surface area contributed by atoms with Crippen molar-refractivity contribution >= 4 is 33.2 Å². The number of carbonyl (C=O) groups excluding carboxylic acids is 1. The molecule has 8 heteroatoms. The molecule has 1 fully saturated rings. The van der Waals surface area contributed by atoms with Gasteiger partial charge in [-0.3, -0.25) is 9.52 Å². The fourth-order valence-electron chi connectivity index (χ4n) is 3.59. The van der Waals surface area contributed by atoms with Crippen molar-refractivity contribution in [1.82, 2.24) is 9.80 Å². The fourth-order valence-corrected chi connectivity index (χ4v) is 4.86. The number of benzene rings is 2. The first-order valence-corrected chi connectivity index (χ1v) is 11.8. The maximum Gasteiger partial charge on any atom is 0.261 e. The monoisotopic (exact) mass is 449 g/mol. The molecule has 30 heavy (non-hydrogen) atoms. The minimum atomic E-state index is -3.86. The molecular formula is C22H28ClN3O3S. The van der Waals surface area contributed by atoms with Crippen molar-refractivity contribution in [2.24, 2.45) is 0 Å². The van der Waals surface area contributed by atoms with Crippen LogP contribution in [0.5, 0.6) is 0 Å². The zero-order chi connectivity index (χ0) is 22.1. The Morgan fingerprint density at radius 2 is 1.87 bits per heavy atom. The number of sulfonamides is 1. The fraction of sp³-hybridized carbons (Fsp3) is 0.409. The van der Waals surface area contributed by atoms with Crippen LogP contribution in [0.4, 0.5) is 5.69 Å². The molecule has 0 aromatic heterocycles. The summed E-state index contributed by atoms with van der Waals surface area (Å²) < 4.78 is 28.4. The number of hydrogen-bond acceptors (Lipinski definition) is 4. The molecule has 2 aromatic carbocycles. The number of nitrogens with zero attached hydrogens (tertiary/aromatic N) is 2. The van der Waals surface area contributed by atoms with E-state index >= 15 is 0 Å². The van der Waals surface area contributed by atoms with Crippen molar-refractivity contribution < 1.29 is 13.2 Å². The molecule has 1 aliphatic heterocycles. The second-order valence-electron chi connectivity index (χ2n) is 8.06. The van der Waals surface area contributed by atoms with Gasteiger partial charge in [0.15, 0.2) is 0 Å². The summed E-state index contributed by atoms with van der Waals surface area (Å²) in [6, 6.07) is 9.90. The van der Waals surface area contributed by atoms with Crippen LogP contribution < -0.4 is 4.72 Å². The Balaban J connectivity index is 1.86. The van der Waals surface area contributed by atoms with E-state index in [-0.39, 0.29) is 27.4 Å². The van der Waals surface area contributed by atoms with Crippen molar-refractivity contribution in [3.8, 4) is 0 Å². The normalized spacial score (nSPS) is 17.3. The Bertz CT molecular complexity index is 1050. The Morgan fingerprint density at radius 1 is 1.13 bits per heavy atom. The van der Waals surface area contributed by atoms with Crippen molar-refractivity contribution in [2.45, 2.75) is 37.6 Å². The Hall–Kier alpha value is -2.09. The minimum absolute atomic E-state index is 0.00893. The lowest BCUT2D eigenvalue weighted by Crippen LogP contribution is -2.47. The molecule has 1 unspecified atom stereocenters. The molecule has 1 aliphatic rings. The highest BCUT2D eigenvalue weighted by Gasteiger charge is 2.28. The molecule has 162 valence electrons. The quantitative estimate of drug-likeness (QED) is 0.750. The van der Waals surface area contributed by atoms with Gasteiger partial charge in [-0.1, -0.05) is 17.7 Å². The van der Waals surface area contributed by atoms with Gasteiger partial charge < -0.3 is 9.80 Å². The van der Waals surface area contributed by atoms with E-state index in [1.54, 1.807) is 17.0 Å². The number of amides is 1. The first-order chi connectivity index (χ1) is 14.1. The lowest BCUT2D eigenvalue weighted by Gasteiger charge is -2.36. The van der Waals surface area contributed by atoms with E-state index in [1.807, 2.05) is 34.0 Å². The van der Waals surface area contributed by atoms with Crippen LogP contribution >= 0.6 is 11.6 Å². The maximum atomic E-state index is 13.1. The second-order valence-corrected chi connectivity index (χ2v) is 10.1. The van der Waals surface area contributed by atoms with E-state index in [1.165, 1.54) is 18.2 Å². The Morgan fingerprint density at radius 3 is 2.53 bits per heavy atom. The smallest absolute Gasteiger partial charge is 0.261 e. The summed E-state index contributed by atoms with van der Waals surface area (Å²) in [6.45, 7) is 5.12. The number of halogens is 1. The topological polar surface area (TPSA) is 69.7 Å². The average Bonchev–Trinajstić information content (AvgIpc) is 2.70. The number of aryl methyl sites for hydroxylation is 2. The molecule has 1 atom stereocenters. The Kier molecular flexibility index (Phi) is 6.75. The van der Waals surface area contributed by atoms with Crippen LogP contribution in [0.15, 0.2) is 41.3 Å². The van der Waals surface area contributed by atoms with Crippen LogP contribution in [0.1, 0.15) is 34.3 Å².